The smallest absolute Gasteiger partial charge is 0.336 e. The topological polar surface area (TPSA) is 92.3 Å². The van der Waals surface area contributed by atoms with Gasteiger partial charge < -0.3 is 14.5 Å². The largest absolute Gasteiger partial charge is 0.423 e. The van der Waals surface area contributed by atoms with E-state index in [-0.39, 0.29) is 6.42 Å². The van der Waals surface area contributed by atoms with Gasteiger partial charge in [-0.3, -0.25) is 4.79 Å². The third-order valence-corrected chi connectivity index (χ3v) is 2.65. The van der Waals surface area contributed by atoms with E-state index in [0.717, 1.165) is 5.39 Å². The number of methoxy groups -OCH3 is 1. The van der Waals surface area contributed by atoms with E-state index in [9.17, 15) is 9.59 Å². The van der Waals surface area contributed by atoms with E-state index >= 15 is 0 Å². The molecule has 0 unspecified atom stereocenters. The summed E-state index contributed by atoms with van der Waals surface area (Å²) in [7, 11) is 1.54. The Morgan fingerprint density at radius 1 is 1.45 bits per heavy atom. The minimum absolute atomic E-state index is 0.230. The van der Waals surface area contributed by atoms with Crippen molar-refractivity contribution in [3.8, 4) is 6.07 Å². The fourth-order valence-electron chi connectivity index (χ4n) is 1.86. The number of nitrogens with one attached hydrogen (secondary N) is 1. The Balaban J connectivity index is 2.42. The lowest BCUT2D eigenvalue weighted by molar-refractivity contribution is -0.115. The highest BCUT2D eigenvalue weighted by Gasteiger charge is 2.08. The summed E-state index contributed by atoms with van der Waals surface area (Å²) < 4.78 is 10.1. The van der Waals surface area contributed by atoms with E-state index in [2.05, 4.69) is 5.32 Å². The number of hydrogen-bond acceptors (Lipinski definition) is 5. The van der Waals surface area contributed by atoms with Gasteiger partial charge in [-0.1, -0.05) is 0 Å². The van der Waals surface area contributed by atoms with Crippen LogP contribution in [0.3, 0.4) is 0 Å². The summed E-state index contributed by atoms with van der Waals surface area (Å²) in [6.45, 7) is 0.294. The van der Waals surface area contributed by atoms with E-state index in [0.29, 0.717) is 23.4 Å². The van der Waals surface area contributed by atoms with Gasteiger partial charge in [0.15, 0.2) is 0 Å². The van der Waals surface area contributed by atoms with Gasteiger partial charge in [0.25, 0.3) is 0 Å². The van der Waals surface area contributed by atoms with Crippen LogP contribution in [-0.4, -0.2) is 13.0 Å². The number of nitrogens with zero attached hydrogens (tertiary/aromatic N) is 1. The Bertz CT molecular complexity index is 743. The first-order chi connectivity index (χ1) is 9.63. The molecular weight excluding hydrogens is 260 g/mol. The number of hydrogen-bond donors (Lipinski definition) is 1. The number of rotatable bonds is 4. The van der Waals surface area contributed by atoms with Crippen molar-refractivity contribution in [3.63, 3.8) is 0 Å². The number of amides is 1. The first-order valence-corrected chi connectivity index (χ1v) is 5.86. The molecule has 0 spiro atoms. The number of fused-ring (bicyclic) bond motifs is 1. The third-order valence-electron chi connectivity index (χ3n) is 2.65. The number of nitriles is 1. The molecule has 0 saturated carbocycles. The molecule has 0 aliphatic rings. The summed E-state index contributed by atoms with van der Waals surface area (Å²) in [6, 6.07) is 8.09. The van der Waals surface area contributed by atoms with Crippen LogP contribution < -0.4 is 10.9 Å². The van der Waals surface area contributed by atoms with E-state index in [1.807, 2.05) is 0 Å². The molecule has 1 N–H and O–H groups in total. The van der Waals surface area contributed by atoms with Gasteiger partial charge in [-0.2, -0.15) is 5.26 Å². The molecule has 20 heavy (non-hydrogen) atoms. The molecule has 0 saturated heterocycles. The Labute approximate surface area is 114 Å². The highest BCUT2D eigenvalue weighted by Crippen LogP contribution is 2.21. The minimum atomic E-state index is -0.481. The van der Waals surface area contributed by atoms with Crippen molar-refractivity contribution in [1.82, 2.24) is 0 Å². The van der Waals surface area contributed by atoms with E-state index in [1.165, 1.54) is 13.2 Å². The van der Waals surface area contributed by atoms with E-state index in [4.69, 9.17) is 14.4 Å². The lowest BCUT2D eigenvalue weighted by Gasteiger charge is -2.07. The quantitative estimate of drug-likeness (QED) is 0.856. The van der Waals surface area contributed by atoms with Crippen LogP contribution in [0.1, 0.15) is 12.0 Å². The molecule has 1 aromatic heterocycles. The number of ether oxygens (including phenoxy) is 1. The van der Waals surface area contributed by atoms with Crippen LogP contribution in [0.15, 0.2) is 33.5 Å². The molecule has 1 aromatic carbocycles. The maximum atomic E-state index is 11.5. The van der Waals surface area contributed by atoms with Gasteiger partial charge in [0.2, 0.25) is 5.91 Å². The molecule has 0 atom stereocenters. The zero-order valence-corrected chi connectivity index (χ0v) is 10.8. The molecule has 0 aliphatic carbocycles. The maximum Gasteiger partial charge on any atom is 0.336 e. The molecule has 2 rings (SSSR count). The molecule has 1 amide bonds. The molecule has 0 aliphatic heterocycles. The van der Waals surface area contributed by atoms with Gasteiger partial charge in [0.1, 0.15) is 12.0 Å². The number of carbonyl (C=O) groups is 1. The normalized spacial score (nSPS) is 10.2. The predicted molar refractivity (Wildman–Crippen MR) is 72.1 cm³/mol. The molecule has 0 fully saturated rings. The van der Waals surface area contributed by atoms with Crippen molar-refractivity contribution >= 4 is 22.6 Å². The molecular formula is C14H12N2O4. The first-order valence-electron chi connectivity index (χ1n) is 5.86. The van der Waals surface area contributed by atoms with Crippen LogP contribution in [0.5, 0.6) is 0 Å². The summed E-state index contributed by atoms with van der Waals surface area (Å²) in [5.41, 5.74) is 1.06. The number of anilines is 1. The van der Waals surface area contributed by atoms with E-state index in [1.54, 1.807) is 24.3 Å². The van der Waals surface area contributed by atoms with Crippen LogP contribution in [0.4, 0.5) is 5.69 Å². The molecule has 0 radical (unpaired) electrons. The van der Waals surface area contributed by atoms with Crippen LogP contribution >= 0.6 is 0 Å². The average molecular weight is 272 g/mol. The zero-order chi connectivity index (χ0) is 14.5. The fourth-order valence-corrected chi connectivity index (χ4v) is 1.86. The Kier molecular flexibility index (Phi) is 4.13. The monoisotopic (exact) mass is 272 g/mol. The van der Waals surface area contributed by atoms with Crippen LogP contribution in [-0.2, 0) is 16.1 Å². The van der Waals surface area contributed by atoms with Crippen molar-refractivity contribution in [2.75, 3.05) is 12.4 Å². The van der Waals surface area contributed by atoms with Gasteiger partial charge in [0, 0.05) is 30.3 Å². The fraction of sp³-hybridized carbons (Fsp3) is 0.214. The number of benzene rings is 1. The van der Waals surface area contributed by atoms with Gasteiger partial charge in [-0.05, 0) is 17.7 Å². The summed E-state index contributed by atoms with van der Waals surface area (Å²) in [6.07, 6.45) is -0.230. The standard InChI is InChI=1S/C14H12N2O4/c1-19-8-9-6-14(18)20-12-7-10(2-3-11(9)12)16-13(17)4-5-15/h2-3,6-7H,4,8H2,1H3,(H,16,17). The molecule has 0 bridgehead atoms. The van der Waals surface area contributed by atoms with Gasteiger partial charge in [-0.15, -0.1) is 0 Å². The van der Waals surface area contributed by atoms with Gasteiger partial charge in [-0.25, -0.2) is 4.79 Å². The van der Waals surface area contributed by atoms with Gasteiger partial charge in [0.05, 0.1) is 12.7 Å². The lowest BCUT2D eigenvalue weighted by Crippen LogP contribution is -2.10. The maximum absolute atomic E-state index is 11.5. The van der Waals surface area contributed by atoms with Crippen LogP contribution in [0.2, 0.25) is 0 Å². The SMILES string of the molecule is COCc1cc(=O)oc2cc(NC(=O)CC#N)ccc12. The van der Waals surface area contributed by atoms with Crippen LogP contribution in [0.25, 0.3) is 11.0 Å². The molecule has 1 heterocycles. The number of carbonyl (C=O) groups excluding carboxylic acids is 1. The minimum Gasteiger partial charge on any atom is -0.423 e. The summed E-state index contributed by atoms with van der Waals surface area (Å²) >= 11 is 0. The summed E-state index contributed by atoms with van der Waals surface area (Å²) in [5.74, 6) is -0.415. The Morgan fingerprint density at radius 3 is 2.95 bits per heavy atom. The molecule has 6 nitrogen and oxygen atoms in total. The molecule has 2 aromatic rings. The lowest BCUT2D eigenvalue weighted by atomic mass is 10.1. The van der Waals surface area contributed by atoms with Gasteiger partial charge >= 0.3 is 5.63 Å². The zero-order valence-electron chi connectivity index (χ0n) is 10.8. The third kappa shape index (κ3) is 3.02. The van der Waals surface area contributed by atoms with E-state index < -0.39 is 11.5 Å². The van der Waals surface area contributed by atoms with Crippen molar-refractivity contribution in [3.05, 3.63) is 40.2 Å². The predicted octanol–water partition coefficient (Wildman–Crippen LogP) is 1.79. The molecule has 102 valence electrons. The summed E-state index contributed by atoms with van der Waals surface area (Å²) in [5, 5.41) is 11.7. The average Bonchev–Trinajstić information content (AvgIpc) is 2.38. The Hall–Kier alpha value is -2.65. The first kappa shape index (κ1) is 13.8. The van der Waals surface area contributed by atoms with Crippen LogP contribution in [0, 0.1) is 11.3 Å². The summed E-state index contributed by atoms with van der Waals surface area (Å²) in [4.78, 5) is 22.8. The second-order valence-electron chi connectivity index (χ2n) is 4.12. The molecule has 6 heteroatoms. The second kappa shape index (κ2) is 5.99. The van der Waals surface area contributed by atoms with Crippen molar-refractivity contribution in [2.24, 2.45) is 0 Å². The second-order valence-corrected chi connectivity index (χ2v) is 4.12. The highest BCUT2D eigenvalue weighted by molar-refractivity contribution is 5.94. The van der Waals surface area contributed by atoms with Crippen molar-refractivity contribution in [2.45, 2.75) is 13.0 Å². The van der Waals surface area contributed by atoms with Crippen molar-refractivity contribution < 1.29 is 13.9 Å². The Morgan fingerprint density at radius 2 is 2.25 bits per heavy atom. The highest BCUT2D eigenvalue weighted by atomic mass is 16.5. The van der Waals surface area contributed by atoms with Crippen molar-refractivity contribution in [1.29, 1.82) is 5.26 Å².